The number of carbonyl (C=O) groups is 2. The summed E-state index contributed by atoms with van der Waals surface area (Å²) in [5, 5.41) is 16.8. The Hall–Kier alpha value is -4.20. The molecule has 1 N–H and O–H groups in total. The molecule has 0 aliphatic heterocycles. The van der Waals surface area contributed by atoms with Crippen LogP contribution in [0.5, 0.6) is 0 Å². The molecular formula is C22H20N4O4. The number of aromatic carboxylic acids is 1. The Bertz CT molecular complexity index is 1070. The summed E-state index contributed by atoms with van der Waals surface area (Å²) in [6.07, 6.45) is 7.03. The first-order valence-corrected chi connectivity index (χ1v) is 9.19. The minimum atomic E-state index is -0.919. The monoisotopic (exact) mass is 404 g/mol. The first kappa shape index (κ1) is 20.5. The van der Waals surface area contributed by atoms with Gasteiger partial charge in [0, 0.05) is 24.8 Å². The second-order valence-electron chi connectivity index (χ2n) is 6.02. The third-order valence-electron chi connectivity index (χ3n) is 4.03. The number of carbonyl (C=O) groups excluding carboxylic acids is 1. The normalized spacial score (nSPS) is 10.0. The van der Waals surface area contributed by atoms with Crippen LogP contribution in [0.2, 0.25) is 0 Å². The highest BCUT2D eigenvalue weighted by atomic mass is 16.5. The summed E-state index contributed by atoms with van der Waals surface area (Å²) in [6, 6.07) is 17.3. The molecule has 30 heavy (non-hydrogen) atoms. The van der Waals surface area contributed by atoms with E-state index < -0.39 is 5.97 Å². The number of esters is 1. The Morgan fingerprint density at radius 3 is 1.67 bits per heavy atom. The number of nitrogens with zero attached hydrogens (tertiary/aromatic N) is 4. The predicted molar refractivity (Wildman–Crippen MR) is 110 cm³/mol. The molecule has 0 fully saturated rings. The van der Waals surface area contributed by atoms with Crippen molar-refractivity contribution >= 4 is 11.9 Å². The number of hydrogen-bond donors (Lipinski definition) is 1. The van der Waals surface area contributed by atoms with E-state index in [9.17, 15) is 9.59 Å². The highest BCUT2D eigenvalue weighted by molar-refractivity contribution is 5.89. The van der Waals surface area contributed by atoms with Crippen molar-refractivity contribution in [3.05, 3.63) is 96.6 Å². The lowest BCUT2D eigenvalue weighted by atomic mass is 10.2. The van der Waals surface area contributed by atoms with E-state index in [2.05, 4.69) is 10.2 Å². The summed E-state index contributed by atoms with van der Waals surface area (Å²) >= 11 is 0. The van der Waals surface area contributed by atoms with Crippen LogP contribution in [-0.4, -0.2) is 43.2 Å². The van der Waals surface area contributed by atoms with Crippen molar-refractivity contribution < 1.29 is 19.4 Å². The summed E-state index contributed by atoms with van der Waals surface area (Å²) < 4.78 is 8.30. The molecule has 0 unspecified atom stereocenters. The summed E-state index contributed by atoms with van der Waals surface area (Å²) in [4.78, 5) is 22.0. The topological polar surface area (TPSA) is 99.2 Å². The maximum atomic E-state index is 11.4. The second-order valence-corrected chi connectivity index (χ2v) is 6.02. The molecule has 2 aromatic carbocycles. The molecule has 0 atom stereocenters. The summed E-state index contributed by atoms with van der Waals surface area (Å²) in [5.74, 6) is -1.22. The zero-order chi connectivity index (χ0) is 21.3. The van der Waals surface area contributed by atoms with Gasteiger partial charge >= 0.3 is 11.9 Å². The van der Waals surface area contributed by atoms with Crippen LogP contribution in [0.3, 0.4) is 0 Å². The fourth-order valence-corrected chi connectivity index (χ4v) is 2.56. The third kappa shape index (κ3) is 5.20. The molecule has 8 heteroatoms. The van der Waals surface area contributed by atoms with E-state index in [1.165, 1.54) is 0 Å². The molecule has 0 spiro atoms. The van der Waals surface area contributed by atoms with Gasteiger partial charge in [0.25, 0.3) is 0 Å². The van der Waals surface area contributed by atoms with E-state index in [0.29, 0.717) is 12.2 Å². The predicted octanol–water partition coefficient (Wildman–Crippen LogP) is 3.62. The number of benzene rings is 2. The quantitative estimate of drug-likeness (QED) is 0.510. The molecule has 2 heterocycles. The minimum Gasteiger partial charge on any atom is -0.478 e. The molecule has 0 radical (unpaired) electrons. The standard InChI is InChI=1S/C12H12N2O2.C10H8N2O2/c1-2-16-12(15)10-4-6-11(7-5-10)14-9-3-8-13-14;13-10(14)8-2-4-9(5-3-8)12-7-1-6-11-12/h3-9H,2H2,1H3;1-7H,(H,13,14). The van der Waals surface area contributed by atoms with Crippen LogP contribution in [0, 0.1) is 0 Å². The van der Waals surface area contributed by atoms with Crippen LogP contribution in [0.1, 0.15) is 27.6 Å². The Morgan fingerprint density at radius 1 is 0.833 bits per heavy atom. The van der Waals surface area contributed by atoms with Gasteiger partial charge in [-0.1, -0.05) is 0 Å². The zero-order valence-corrected chi connectivity index (χ0v) is 16.3. The van der Waals surface area contributed by atoms with Crippen molar-refractivity contribution in [2.24, 2.45) is 0 Å². The van der Waals surface area contributed by atoms with Gasteiger partial charge < -0.3 is 9.84 Å². The lowest BCUT2D eigenvalue weighted by Gasteiger charge is -2.03. The van der Waals surface area contributed by atoms with E-state index in [-0.39, 0.29) is 11.5 Å². The fraction of sp³-hybridized carbons (Fsp3) is 0.0909. The lowest BCUT2D eigenvalue weighted by Crippen LogP contribution is -2.04. The van der Waals surface area contributed by atoms with Crippen LogP contribution in [0.15, 0.2) is 85.5 Å². The maximum Gasteiger partial charge on any atom is 0.338 e. The van der Waals surface area contributed by atoms with Crippen molar-refractivity contribution in [2.45, 2.75) is 6.92 Å². The third-order valence-corrected chi connectivity index (χ3v) is 4.03. The SMILES string of the molecule is CCOC(=O)c1ccc(-n2cccn2)cc1.O=C(O)c1ccc(-n2cccn2)cc1. The first-order valence-electron chi connectivity index (χ1n) is 9.19. The van der Waals surface area contributed by atoms with Crippen LogP contribution in [0.4, 0.5) is 0 Å². The minimum absolute atomic E-state index is 0.279. The molecule has 0 amide bonds. The second kappa shape index (κ2) is 9.83. The molecule has 0 aliphatic carbocycles. The number of carboxylic acid groups (broad SMARTS) is 1. The van der Waals surface area contributed by atoms with Crippen LogP contribution in [-0.2, 0) is 4.74 Å². The molecule has 0 saturated heterocycles. The van der Waals surface area contributed by atoms with Crippen molar-refractivity contribution in [2.75, 3.05) is 6.61 Å². The molecule has 0 bridgehead atoms. The number of rotatable bonds is 5. The molecule has 8 nitrogen and oxygen atoms in total. The molecule has 4 aromatic rings. The maximum absolute atomic E-state index is 11.4. The number of hydrogen-bond acceptors (Lipinski definition) is 5. The van der Waals surface area contributed by atoms with Crippen molar-refractivity contribution in [1.29, 1.82) is 0 Å². The number of carboxylic acids is 1. The first-order chi connectivity index (χ1) is 14.6. The molecule has 2 aromatic heterocycles. The molecule has 4 rings (SSSR count). The van der Waals surface area contributed by atoms with E-state index in [1.807, 2.05) is 30.5 Å². The van der Waals surface area contributed by atoms with Crippen molar-refractivity contribution in [1.82, 2.24) is 19.6 Å². The highest BCUT2D eigenvalue weighted by Gasteiger charge is 2.06. The van der Waals surface area contributed by atoms with E-state index in [1.54, 1.807) is 71.3 Å². The van der Waals surface area contributed by atoms with Gasteiger partial charge in [-0.25, -0.2) is 19.0 Å². The zero-order valence-electron chi connectivity index (χ0n) is 16.3. The van der Waals surface area contributed by atoms with E-state index >= 15 is 0 Å². The number of aromatic nitrogens is 4. The smallest absolute Gasteiger partial charge is 0.338 e. The van der Waals surface area contributed by atoms with Crippen LogP contribution < -0.4 is 0 Å². The van der Waals surface area contributed by atoms with Gasteiger partial charge in [-0.3, -0.25) is 0 Å². The van der Waals surface area contributed by atoms with Crippen LogP contribution >= 0.6 is 0 Å². The number of ether oxygens (including phenoxy) is 1. The lowest BCUT2D eigenvalue weighted by molar-refractivity contribution is 0.0526. The average Bonchev–Trinajstić information content (AvgIpc) is 3.49. The average molecular weight is 404 g/mol. The van der Waals surface area contributed by atoms with Crippen molar-refractivity contribution in [3.63, 3.8) is 0 Å². The Kier molecular flexibility index (Phi) is 6.73. The van der Waals surface area contributed by atoms with Crippen molar-refractivity contribution in [3.8, 4) is 11.4 Å². The molecule has 0 aliphatic rings. The Labute approximate surface area is 173 Å². The summed E-state index contributed by atoms with van der Waals surface area (Å²) in [5.41, 5.74) is 2.59. The van der Waals surface area contributed by atoms with E-state index in [4.69, 9.17) is 9.84 Å². The summed E-state index contributed by atoms with van der Waals surface area (Å²) in [6.45, 7) is 2.18. The molecule has 0 saturated carbocycles. The largest absolute Gasteiger partial charge is 0.478 e. The van der Waals surface area contributed by atoms with Gasteiger partial charge in [0.15, 0.2) is 0 Å². The Morgan fingerprint density at radius 2 is 1.30 bits per heavy atom. The van der Waals surface area contributed by atoms with Gasteiger partial charge in [0.2, 0.25) is 0 Å². The van der Waals surface area contributed by atoms with Gasteiger partial charge in [-0.15, -0.1) is 0 Å². The highest BCUT2D eigenvalue weighted by Crippen LogP contribution is 2.10. The van der Waals surface area contributed by atoms with Gasteiger partial charge in [0.1, 0.15) is 0 Å². The van der Waals surface area contributed by atoms with Crippen LogP contribution in [0.25, 0.3) is 11.4 Å². The van der Waals surface area contributed by atoms with E-state index in [0.717, 1.165) is 11.4 Å². The molecule has 152 valence electrons. The van der Waals surface area contributed by atoms with Gasteiger partial charge in [-0.2, -0.15) is 10.2 Å². The fourth-order valence-electron chi connectivity index (χ4n) is 2.56. The molecular weight excluding hydrogens is 384 g/mol. The van der Waals surface area contributed by atoms with Gasteiger partial charge in [-0.05, 0) is 67.6 Å². The Balaban J connectivity index is 0.000000172. The summed E-state index contributed by atoms with van der Waals surface area (Å²) in [7, 11) is 0. The van der Waals surface area contributed by atoms with Gasteiger partial charge in [0.05, 0.1) is 29.1 Å².